The molecule has 5 heteroatoms. The first-order valence-corrected chi connectivity index (χ1v) is 9.63. The molecule has 0 fully saturated rings. The molecule has 0 heterocycles. The molecule has 0 saturated carbocycles. The molecule has 0 aromatic heterocycles. The van der Waals surface area contributed by atoms with E-state index in [1.807, 2.05) is 60.5 Å². The van der Waals surface area contributed by atoms with Crippen LogP contribution in [0.4, 0.5) is 0 Å². The van der Waals surface area contributed by atoms with E-state index in [0.717, 1.165) is 22.6 Å². The van der Waals surface area contributed by atoms with Gasteiger partial charge in [0.1, 0.15) is 11.5 Å². The smallest absolute Gasteiger partial charge is 0.234 e. The summed E-state index contributed by atoms with van der Waals surface area (Å²) in [6, 6.07) is 15.8. The maximum atomic E-state index is 12.7. The lowest BCUT2D eigenvalue weighted by Gasteiger charge is -2.28. The lowest BCUT2D eigenvalue weighted by molar-refractivity contribution is -0.123. The van der Waals surface area contributed by atoms with Gasteiger partial charge in [-0.1, -0.05) is 44.2 Å². The first-order chi connectivity index (χ1) is 13.4. The minimum Gasteiger partial charge on any atom is -0.497 e. The Bertz CT molecular complexity index is 759. The fraction of sp³-hybridized carbons (Fsp3) is 0.435. The number of para-hydroxylation sites is 1. The van der Waals surface area contributed by atoms with Crippen LogP contribution in [0.15, 0.2) is 48.5 Å². The van der Waals surface area contributed by atoms with Crippen LogP contribution >= 0.6 is 0 Å². The van der Waals surface area contributed by atoms with Gasteiger partial charge in [-0.2, -0.15) is 0 Å². The van der Waals surface area contributed by atoms with Gasteiger partial charge in [-0.25, -0.2) is 0 Å². The molecular weight excluding hydrogens is 352 g/mol. The van der Waals surface area contributed by atoms with Crippen molar-refractivity contribution in [2.45, 2.75) is 32.9 Å². The SMILES string of the molecule is COc1ccc(C(NC(=O)CN(C)C(C)c2ccccc2OC)C(C)C)cc1. The predicted molar refractivity (Wildman–Crippen MR) is 113 cm³/mol. The van der Waals surface area contributed by atoms with Crippen LogP contribution in [0.3, 0.4) is 0 Å². The molecule has 0 bridgehead atoms. The third-order valence-corrected chi connectivity index (χ3v) is 5.10. The molecule has 0 aliphatic rings. The van der Waals surface area contributed by atoms with Crippen LogP contribution in [-0.4, -0.2) is 38.6 Å². The Labute approximate surface area is 168 Å². The fourth-order valence-corrected chi connectivity index (χ4v) is 3.28. The van der Waals surface area contributed by atoms with Gasteiger partial charge in [0.15, 0.2) is 0 Å². The summed E-state index contributed by atoms with van der Waals surface area (Å²) in [4.78, 5) is 14.8. The molecule has 2 unspecified atom stereocenters. The second kappa shape index (κ2) is 10.1. The van der Waals surface area contributed by atoms with Crippen molar-refractivity contribution in [3.8, 4) is 11.5 Å². The quantitative estimate of drug-likeness (QED) is 0.704. The largest absolute Gasteiger partial charge is 0.497 e. The number of amides is 1. The van der Waals surface area contributed by atoms with Gasteiger partial charge in [0.05, 0.1) is 26.8 Å². The number of hydrogen-bond acceptors (Lipinski definition) is 4. The molecule has 28 heavy (non-hydrogen) atoms. The lowest BCUT2D eigenvalue weighted by atomic mass is 9.96. The predicted octanol–water partition coefficient (Wildman–Crippen LogP) is 4.21. The van der Waals surface area contributed by atoms with E-state index in [0.29, 0.717) is 6.54 Å². The average molecular weight is 385 g/mol. The Hall–Kier alpha value is -2.53. The zero-order chi connectivity index (χ0) is 20.7. The summed E-state index contributed by atoms with van der Waals surface area (Å²) in [5.41, 5.74) is 2.14. The number of ether oxygens (including phenoxy) is 2. The van der Waals surface area contributed by atoms with Gasteiger partial charge in [0.2, 0.25) is 5.91 Å². The van der Waals surface area contributed by atoms with Crippen LogP contribution in [0.5, 0.6) is 11.5 Å². The van der Waals surface area contributed by atoms with E-state index >= 15 is 0 Å². The Morgan fingerprint density at radius 2 is 1.64 bits per heavy atom. The molecule has 0 radical (unpaired) electrons. The highest BCUT2D eigenvalue weighted by molar-refractivity contribution is 5.78. The first-order valence-electron chi connectivity index (χ1n) is 9.63. The molecule has 5 nitrogen and oxygen atoms in total. The number of carbonyl (C=O) groups is 1. The lowest BCUT2D eigenvalue weighted by Crippen LogP contribution is -2.39. The Balaban J connectivity index is 2.05. The van der Waals surface area contributed by atoms with E-state index in [4.69, 9.17) is 9.47 Å². The molecule has 0 saturated heterocycles. The first kappa shape index (κ1) is 21.8. The summed E-state index contributed by atoms with van der Waals surface area (Å²) >= 11 is 0. The second-order valence-electron chi connectivity index (χ2n) is 7.40. The third-order valence-electron chi connectivity index (χ3n) is 5.10. The number of hydrogen-bond donors (Lipinski definition) is 1. The summed E-state index contributed by atoms with van der Waals surface area (Å²) < 4.78 is 10.7. The van der Waals surface area contributed by atoms with Crippen molar-refractivity contribution in [2.24, 2.45) is 5.92 Å². The summed E-state index contributed by atoms with van der Waals surface area (Å²) in [6.07, 6.45) is 0. The molecule has 0 spiro atoms. The van der Waals surface area contributed by atoms with E-state index in [2.05, 4.69) is 26.1 Å². The highest BCUT2D eigenvalue weighted by atomic mass is 16.5. The standard InChI is InChI=1S/C23H32N2O3/c1-16(2)23(18-11-13-19(27-5)14-12-18)24-22(26)15-25(4)17(3)20-9-7-8-10-21(20)28-6/h7-14,16-17,23H,15H2,1-6H3,(H,24,26). The Morgan fingerprint density at radius 3 is 2.21 bits per heavy atom. The number of carbonyl (C=O) groups excluding carboxylic acids is 1. The van der Waals surface area contributed by atoms with Crippen molar-refractivity contribution >= 4 is 5.91 Å². The second-order valence-corrected chi connectivity index (χ2v) is 7.40. The number of nitrogens with one attached hydrogen (secondary N) is 1. The molecule has 152 valence electrons. The van der Waals surface area contributed by atoms with Crippen molar-refractivity contribution in [2.75, 3.05) is 27.8 Å². The van der Waals surface area contributed by atoms with Crippen LogP contribution < -0.4 is 14.8 Å². The Kier molecular flexibility index (Phi) is 7.88. The van der Waals surface area contributed by atoms with Gasteiger partial charge in [-0.3, -0.25) is 9.69 Å². The normalized spacial score (nSPS) is 13.3. The zero-order valence-corrected chi connectivity index (χ0v) is 17.7. The third kappa shape index (κ3) is 5.49. The molecular formula is C23H32N2O3. The highest BCUT2D eigenvalue weighted by Gasteiger charge is 2.22. The maximum Gasteiger partial charge on any atom is 0.234 e. The van der Waals surface area contributed by atoms with Crippen molar-refractivity contribution in [1.29, 1.82) is 0 Å². The van der Waals surface area contributed by atoms with Crippen LogP contribution in [0, 0.1) is 5.92 Å². The molecule has 2 rings (SSSR count). The molecule has 2 atom stereocenters. The van der Waals surface area contributed by atoms with Crippen molar-refractivity contribution < 1.29 is 14.3 Å². The van der Waals surface area contributed by atoms with E-state index in [-0.39, 0.29) is 23.9 Å². The molecule has 2 aromatic carbocycles. The minimum absolute atomic E-state index is 0.00114. The van der Waals surface area contributed by atoms with Crippen molar-refractivity contribution in [3.05, 3.63) is 59.7 Å². The monoisotopic (exact) mass is 384 g/mol. The topological polar surface area (TPSA) is 50.8 Å². The molecule has 2 aromatic rings. The van der Waals surface area contributed by atoms with Gasteiger partial charge >= 0.3 is 0 Å². The summed E-state index contributed by atoms with van der Waals surface area (Å²) in [5.74, 6) is 1.91. The summed E-state index contributed by atoms with van der Waals surface area (Å²) in [6.45, 7) is 6.60. The van der Waals surface area contributed by atoms with Gasteiger partial charge in [0.25, 0.3) is 0 Å². The van der Waals surface area contributed by atoms with Gasteiger partial charge in [-0.05, 0) is 43.7 Å². The van der Waals surface area contributed by atoms with E-state index in [1.165, 1.54) is 0 Å². The van der Waals surface area contributed by atoms with Gasteiger partial charge in [0, 0.05) is 11.6 Å². The summed E-state index contributed by atoms with van der Waals surface area (Å²) in [5, 5.41) is 3.18. The zero-order valence-electron chi connectivity index (χ0n) is 17.7. The van der Waals surface area contributed by atoms with Crippen molar-refractivity contribution in [1.82, 2.24) is 10.2 Å². The van der Waals surface area contributed by atoms with Gasteiger partial charge in [-0.15, -0.1) is 0 Å². The summed E-state index contributed by atoms with van der Waals surface area (Å²) in [7, 11) is 5.27. The number of likely N-dealkylation sites (N-methyl/N-ethyl adjacent to an activating group) is 1. The fourth-order valence-electron chi connectivity index (χ4n) is 3.28. The van der Waals surface area contributed by atoms with Gasteiger partial charge < -0.3 is 14.8 Å². The maximum absolute atomic E-state index is 12.7. The highest BCUT2D eigenvalue weighted by Crippen LogP contribution is 2.28. The molecule has 0 aliphatic heterocycles. The molecule has 1 N–H and O–H groups in total. The Morgan fingerprint density at radius 1 is 1.00 bits per heavy atom. The van der Waals surface area contributed by atoms with Crippen LogP contribution in [0.1, 0.15) is 44.0 Å². The number of rotatable bonds is 9. The molecule has 0 aliphatic carbocycles. The molecule has 1 amide bonds. The van der Waals surface area contributed by atoms with Crippen LogP contribution in [0.25, 0.3) is 0 Å². The number of benzene rings is 2. The number of nitrogens with zero attached hydrogens (tertiary/aromatic N) is 1. The average Bonchev–Trinajstić information content (AvgIpc) is 2.71. The van der Waals surface area contributed by atoms with E-state index in [1.54, 1.807) is 14.2 Å². The van der Waals surface area contributed by atoms with Crippen molar-refractivity contribution in [3.63, 3.8) is 0 Å². The number of methoxy groups -OCH3 is 2. The minimum atomic E-state index is -0.0478. The van der Waals surface area contributed by atoms with E-state index in [9.17, 15) is 4.79 Å². The van der Waals surface area contributed by atoms with Crippen LogP contribution in [0.2, 0.25) is 0 Å². The van der Waals surface area contributed by atoms with Crippen LogP contribution in [-0.2, 0) is 4.79 Å². The van der Waals surface area contributed by atoms with E-state index < -0.39 is 0 Å².